The van der Waals surface area contributed by atoms with Crippen molar-refractivity contribution in [1.29, 1.82) is 0 Å². The molecule has 2 atom stereocenters. The zero-order valence-corrected chi connectivity index (χ0v) is 15.6. The van der Waals surface area contributed by atoms with Gasteiger partial charge in [-0.3, -0.25) is 14.4 Å². The van der Waals surface area contributed by atoms with E-state index in [4.69, 9.17) is 0 Å². The van der Waals surface area contributed by atoms with Gasteiger partial charge in [-0.2, -0.15) is 0 Å². The summed E-state index contributed by atoms with van der Waals surface area (Å²) in [5.74, 6) is 1.17. The van der Waals surface area contributed by atoms with Crippen LogP contribution in [0.25, 0.3) is 0 Å². The van der Waals surface area contributed by atoms with E-state index in [-0.39, 0.29) is 34.4 Å². The molecule has 1 aliphatic carbocycles. The second-order valence-electron chi connectivity index (χ2n) is 7.63. The normalized spacial score (nSPS) is 27.9. The third-order valence-corrected chi connectivity index (χ3v) is 6.95. The van der Waals surface area contributed by atoms with Gasteiger partial charge in [-0.25, -0.2) is 0 Å². The molecule has 0 aromatic carbocycles. The van der Waals surface area contributed by atoms with Crippen LogP contribution in [0.3, 0.4) is 0 Å². The van der Waals surface area contributed by atoms with Gasteiger partial charge < -0.3 is 16.0 Å². The van der Waals surface area contributed by atoms with Crippen LogP contribution in [0, 0.1) is 5.41 Å². The minimum atomic E-state index is -0.375. The Morgan fingerprint density at radius 3 is 2.64 bits per heavy atom. The lowest BCUT2D eigenvalue weighted by Gasteiger charge is -2.24. The topological polar surface area (TPSA) is 87.3 Å². The van der Waals surface area contributed by atoms with Crippen LogP contribution in [0.15, 0.2) is 0 Å². The first kappa shape index (κ1) is 18.5. The lowest BCUT2D eigenvalue weighted by Crippen LogP contribution is -2.50. The highest BCUT2D eigenvalue weighted by Crippen LogP contribution is 2.48. The fraction of sp³-hybridized carbons (Fsp3) is 0.833. The summed E-state index contributed by atoms with van der Waals surface area (Å²) < 4.78 is 0. The fourth-order valence-electron chi connectivity index (χ4n) is 3.60. The number of piperidine rings is 1. The predicted molar refractivity (Wildman–Crippen MR) is 98.2 cm³/mol. The standard InChI is InChI=1S/C18H29N3O3S/c22-15-6-3-4-13(21-15)16(23)20-12-18(7-8-18)9-10-19-17(24)14-5-1-2-11-25-14/h13-14H,1-12H2,(H,19,24)(H,20,23)(H,21,22)/t13-,14?/m1/s1. The van der Waals surface area contributed by atoms with Gasteiger partial charge in [0.05, 0.1) is 5.25 Å². The van der Waals surface area contributed by atoms with Crippen molar-refractivity contribution in [1.82, 2.24) is 16.0 Å². The number of thioether (sulfide) groups is 1. The Hall–Kier alpha value is -1.24. The Kier molecular flexibility index (Phi) is 6.25. The Bertz CT molecular complexity index is 516. The predicted octanol–water partition coefficient (Wildman–Crippen LogP) is 1.34. The summed E-state index contributed by atoms with van der Waals surface area (Å²) in [7, 11) is 0. The van der Waals surface area contributed by atoms with E-state index in [1.165, 1.54) is 6.42 Å². The molecule has 3 N–H and O–H groups in total. The maximum atomic E-state index is 12.2. The highest BCUT2D eigenvalue weighted by molar-refractivity contribution is 8.00. The lowest BCUT2D eigenvalue weighted by atomic mass is 10.0. The van der Waals surface area contributed by atoms with Crippen LogP contribution in [0.1, 0.15) is 57.8 Å². The van der Waals surface area contributed by atoms with E-state index in [0.717, 1.165) is 50.7 Å². The molecule has 0 spiro atoms. The van der Waals surface area contributed by atoms with Crippen LogP contribution in [0.2, 0.25) is 0 Å². The van der Waals surface area contributed by atoms with E-state index >= 15 is 0 Å². The fourth-order valence-corrected chi connectivity index (χ4v) is 4.83. The molecule has 0 aromatic heterocycles. The number of carbonyl (C=O) groups excluding carboxylic acids is 3. The minimum absolute atomic E-state index is 0.0316. The zero-order chi connectivity index (χ0) is 17.7. The molecule has 1 saturated carbocycles. The number of hydrogen-bond acceptors (Lipinski definition) is 4. The average Bonchev–Trinajstić information content (AvgIpc) is 3.40. The van der Waals surface area contributed by atoms with Crippen LogP contribution in [-0.4, -0.2) is 47.9 Å². The maximum absolute atomic E-state index is 12.2. The van der Waals surface area contributed by atoms with Crippen molar-refractivity contribution >= 4 is 29.5 Å². The summed E-state index contributed by atoms with van der Waals surface area (Å²) in [5, 5.41) is 8.96. The zero-order valence-electron chi connectivity index (χ0n) is 14.8. The van der Waals surface area contributed by atoms with Gasteiger partial charge in [0, 0.05) is 19.5 Å². The summed E-state index contributed by atoms with van der Waals surface area (Å²) >= 11 is 1.77. The molecule has 25 heavy (non-hydrogen) atoms. The van der Waals surface area contributed by atoms with Crippen molar-refractivity contribution in [2.24, 2.45) is 5.41 Å². The van der Waals surface area contributed by atoms with Gasteiger partial charge in [0.25, 0.3) is 0 Å². The Labute approximate surface area is 153 Å². The lowest BCUT2D eigenvalue weighted by molar-refractivity contribution is -0.131. The summed E-state index contributed by atoms with van der Waals surface area (Å²) in [5.41, 5.74) is 0.140. The van der Waals surface area contributed by atoms with Gasteiger partial charge in [-0.1, -0.05) is 6.42 Å². The first-order valence-corrected chi connectivity index (χ1v) is 10.6. The number of carbonyl (C=O) groups is 3. The molecular weight excluding hydrogens is 338 g/mol. The van der Waals surface area contributed by atoms with E-state index in [2.05, 4.69) is 16.0 Å². The second kappa shape index (κ2) is 8.43. The summed E-state index contributed by atoms with van der Waals surface area (Å²) in [6, 6.07) is -0.375. The van der Waals surface area contributed by atoms with Crippen molar-refractivity contribution in [3.63, 3.8) is 0 Å². The first-order valence-electron chi connectivity index (χ1n) is 9.54. The number of amides is 3. The molecule has 0 bridgehead atoms. The highest BCUT2D eigenvalue weighted by atomic mass is 32.2. The molecular formula is C18H29N3O3S. The molecule has 0 radical (unpaired) electrons. The molecule has 3 aliphatic rings. The van der Waals surface area contributed by atoms with E-state index < -0.39 is 0 Å². The van der Waals surface area contributed by atoms with Crippen molar-refractivity contribution in [2.45, 2.75) is 69.1 Å². The monoisotopic (exact) mass is 367 g/mol. The van der Waals surface area contributed by atoms with Crippen LogP contribution in [-0.2, 0) is 14.4 Å². The van der Waals surface area contributed by atoms with Gasteiger partial charge in [0.1, 0.15) is 6.04 Å². The highest BCUT2D eigenvalue weighted by Gasteiger charge is 2.42. The van der Waals surface area contributed by atoms with Gasteiger partial charge in [0.15, 0.2) is 0 Å². The molecule has 2 saturated heterocycles. The van der Waals surface area contributed by atoms with Crippen LogP contribution >= 0.6 is 11.8 Å². The Morgan fingerprint density at radius 2 is 1.96 bits per heavy atom. The molecule has 2 heterocycles. The second-order valence-corrected chi connectivity index (χ2v) is 8.94. The van der Waals surface area contributed by atoms with Crippen LogP contribution < -0.4 is 16.0 Å². The largest absolute Gasteiger partial charge is 0.355 e. The van der Waals surface area contributed by atoms with Gasteiger partial charge in [-0.05, 0) is 56.1 Å². The number of hydrogen-bond donors (Lipinski definition) is 3. The molecule has 0 aromatic rings. The average molecular weight is 368 g/mol. The van der Waals surface area contributed by atoms with Crippen molar-refractivity contribution < 1.29 is 14.4 Å². The smallest absolute Gasteiger partial charge is 0.242 e. The Balaban J connectivity index is 1.34. The molecule has 6 nitrogen and oxygen atoms in total. The van der Waals surface area contributed by atoms with Gasteiger partial charge in [0.2, 0.25) is 17.7 Å². The van der Waals surface area contributed by atoms with Crippen molar-refractivity contribution in [3.05, 3.63) is 0 Å². The quantitative estimate of drug-likeness (QED) is 0.634. The molecule has 1 unspecified atom stereocenters. The first-order chi connectivity index (χ1) is 12.1. The molecule has 2 aliphatic heterocycles. The summed E-state index contributed by atoms with van der Waals surface area (Å²) in [6.07, 6.45) is 8.49. The molecule has 140 valence electrons. The third kappa shape index (κ3) is 5.36. The maximum Gasteiger partial charge on any atom is 0.242 e. The minimum Gasteiger partial charge on any atom is -0.355 e. The number of rotatable bonds is 7. The Morgan fingerprint density at radius 1 is 1.12 bits per heavy atom. The van der Waals surface area contributed by atoms with Crippen molar-refractivity contribution in [3.8, 4) is 0 Å². The van der Waals surface area contributed by atoms with E-state index in [9.17, 15) is 14.4 Å². The molecule has 3 amide bonds. The SMILES string of the molecule is O=C1CCC[C@H](C(=O)NCC2(CCNC(=O)C3CCCCS3)CC2)N1. The number of nitrogens with one attached hydrogen (secondary N) is 3. The molecule has 3 fully saturated rings. The van der Waals surface area contributed by atoms with Crippen molar-refractivity contribution in [2.75, 3.05) is 18.8 Å². The summed E-state index contributed by atoms with van der Waals surface area (Å²) in [6.45, 7) is 1.33. The molecule has 3 rings (SSSR count). The van der Waals surface area contributed by atoms with E-state index in [1.807, 2.05) is 0 Å². The van der Waals surface area contributed by atoms with Crippen LogP contribution in [0.4, 0.5) is 0 Å². The van der Waals surface area contributed by atoms with Crippen LogP contribution in [0.5, 0.6) is 0 Å². The summed E-state index contributed by atoms with van der Waals surface area (Å²) in [4.78, 5) is 35.8. The molecule has 7 heteroatoms. The van der Waals surface area contributed by atoms with E-state index in [1.54, 1.807) is 11.8 Å². The third-order valence-electron chi connectivity index (χ3n) is 5.57. The van der Waals surface area contributed by atoms with E-state index in [0.29, 0.717) is 19.5 Å². The van der Waals surface area contributed by atoms with Gasteiger partial charge >= 0.3 is 0 Å². The van der Waals surface area contributed by atoms with Gasteiger partial charge in [-0.15, -0.1) is 11.8 Å².